The van der Waals surface area contributed by atoms with Gasteiger partial charge in [0.25, 0.3) is 0 Å². The third kappa shape index (κ3) is 3.25. The smallest absolute Gasteiger partial charge is 0.184 e. The van der Waals surface area contributed by atoms with Gasteiger partial charge in [0, 0.05) is 17.4 Å². The molecule has 0 spiro atoms. The van der Waals surface area contributed by atoms with E-state index in [2.05, 4.69) is 27.7 Å². The lowest BCUT2D eigenvalue weighted by molar-refractivity contribution is -0.313. The van der Waals surface area contributed by atoms with Gasteiger partial charge in [0.2, 0.25) is 0 Å². The van der Waals surface area contributed by atoms with Crippen LogP contribution in [0.2, 0.25) is 0 Å². The highest BCUT2D eigenvalue weighted by Gasteiger charge is 2.62. The minimum Gasteiger partial charge on any atom is -0.348 e. The first-order valence-electron chi connectivity index (χ1n) is 10.8. The maximum atomic E-state index is 13.7. The van der Waals surface area contributed by atoms with Gasteiger partial charge in [-0.05, 0) is 60.5 Å². The summed E-state index contributed by atoms with van der Waals surface area (Å²) in [5.41, 5.74) is 0.567. The lowest BCUT2D eigenvalue weighted by Crippen LogP contribution is -2.62. The fourth-order valence-corrected chi connectivity index (χ4v) is 6.96. The molecular weight excluding hydrogens is 374 g/mol. The van der Waals surface area contributed by atoms with E-state index in [1.807, 2.05) is 0 Å². The fraction of sp³-hybridized carbons (Fsp3) is 0.708. The Hall–Kier alpha value is -1.33. The molecule has 2 aliphatic carbocycles. The summed E-state index contributed by atoms with van der Waals surface area (Å²) in [6.07, 6.45) is 5.09. The van der Waals surface area contributed by atoms with Gasteiger partial charge in [-0.1, -0.05) is 33.8 Å². The second-order valence-electron chi connectivity index (χ2n) is 10.5. The average Bonchev–Trinajstić information content (AvgIpc) is 2.66. The van der Waals surface area contributed by atoms with E-state index in [0.717, 1.165) is 38.0 Å². The van der Waals surface area contributed by atoms with Crippen LogP contribution in [0.3, 0.4) is 0 Å². The lowest BCUT2D eigenvalue weighted by atomic mass is 9.42. The van der Waals surface area contributed by atoms with Crippen molar-refractivity contribution in [3.05, 3.63) is 35.4 Å². The van der Waals surface area contributed by atoms with Crippen LogP contribution >= 0.6 is 0 Å². The highest BCUT2D eigenvalue weighted by atomic mass is 19.2. The molecule has 1 aromatic rings. The molecule has 160 valence electrons. The number of aldehydes is 1. The number of fused-ring (bicyclic) bond motifs is 3. The zero-order valence-electron chi connectivity index (χ0n) is 17.8. The van der Waals surface area contributed by atoms with E-state index in [1.54, 1.807) is 0 Å². The summed E-state index contributed by atoms with van der Waals surface area (Å²) in [6, 6.07) is 3.82. The number of hydrogen-bond acceptors (Lipinski definition) is 3. The zero-order chi connectivity index (χ0) is 21.0. The molecule has 2 saturated carbocycles. The minimum atomic E-state index is -0.884. The van der Waals surface area contributed by atoms with Crippen molar-refractivity contribution in [1.82, 2.24) is 0 Å². The number of benzene rings is 1. The molecule has 1 heterocycles. The number of hydrogen-bond donors (Lipinski definition) is 0. The number of carbonyl (C=O) groups is 1. The Morgan fingerprint density at radius 1 is 1.07 bits per heavy atom. The summed E-state index contributed by atoms with van der Waals surface area (Å²) in [5, 5.41) is 0. The van der Waals surface area contributed by atoms with Crippen LogP contribution in [0.4, 0.5) is 8.78 Å². The van der Waals surface area contributed by atoms with E-state index < -0.39 is 17.9 Å². The number of ether oxygens (including phenoxy) is 2. The summed E-state index contributed by atoms with van der Waals surface area (Å²) < 4.78 is 39.4. The van der Waals surface area contributed by atoms with Gasteiger partial charge in [0.1, 0.15) is 6.29 Å². The van der Waals surface area contributed by atoms with Crippen molar-refractivity contribution in [2.75, 3.05) is 6.61 Å². The zero-order valence-corrected chi connectivity index (χ0v) is 17.8. The quantitative estimate of drug-likeness (QED) is 0.593. The van der Waals surface area contributed by atoms with E-state index >= 15 is 0 Å². The van der Waals surface area contributed by atoms with Crippen LogP contribution in [-0.2, 0) is 14.3 Å². The topological polar surface area (TPSA) is 35.5 Å². The highest BCUT2D eigenvalue weighted by molar-refractivity contribution is 5.50. The Morgan fingerprint density at radius 2 is 1.83 bits per heavy atom. The predicted molar refractivity (Wildman–Crippen MR) is 106 cm³/mol. The van der Waals surface area contributed by atoms with Gasteiger partial charge in [-0.25, -0.2) is 8.78 Å². The first kappa shape index (κ1) is 20.9. The van der Waals surface area contributed by atoms with Crippen molar-refractivity contribution in [2.45, 2.75) is 72.2 Å². The largest absolute Gasteiger partial charge is 0.348 e. The molecular formula is C24H32F2O3. The summed E-state index contributed by atoms with van der Waals surface area (Å²) >= 11 is 0. The number of carbonyl (C=O) groups excluding carboxylic acids is 1. The van der Waals surface area contributed by atoms with Crippen LogP contribution < -0.4 is 0 Å². The van der Waals surface area contributed by atoms with Crippen LogP contribution in [0, 0.1) is 39.7 Å². The van der Waals surface area contributed by atoms with E-state index in [1.165, 1.54) is 12.1 Å². The number of halogens is 2. The fourth-order valence-electron chi connectivity index (χ4n) is 6.96. The standard InChI is InChI=1S/C24H32F2O3/c1-22(2)10-7-19-23(3,18(22)9-12-27)11-8-20-24(19,4)14-28-21(29-20)15-5-6-16(25)17(26)13-15/h5-6,12-13,18-21H,7-11,14H2,1-4H3/t18-,19?,20-,21-,23+,24+/m1/s1. The second kappa shape index (κ2) is 7.12. The number of rotatable bonds is 3. The molecule has 1 aromatic carbocycles. The average molecular weight is 407 g/mol. The Labute approximate surface area is 172 Å². The van der Waals surface area contributed by atoms with Crippen LogP contribution in [0.5, 0.6) is 0 Å². The molecule has 1 unspecified atom stereocenters. The molecule has 29 heavy (non-hydrogen) atoms. The first-order valence-corrected chi connectivity index (χ1v) is 10.8. The lowest BCUT2D eigenvalue weighted by Gasteiger charge is -2.65. The Morgan fingerprint density at radius 3 is 2.52 bits per heavy atom. The Balaban J connectivity index is 1.60. The van der Waals surface area contributed by atoms with E-state index in [-0.39, 0.29) is 22.3 Å². The van der Waals surface area contributed by atoms with Crippen LogP contribution in [-0.4, -0.2) is 19.0 Å². The van der Waals surface area contributed by atoms with Crippen molar-refractivity contribution < 1.29 is 23.0 Å². The molecule has 5 heteroatoms. The highest BCUT2D eigenvalue weighted by Crippen LogP contribution is 2.66. The predicted octanol–water partition coefficient (Wildman–Crippen LogP) is 5.83. The molecule has 3 nitrogen and oxygen atoms in total. The van der Waals surface area contributed by atoms with Crippen molar-refractivity contribution in [1.29, 1.82) is 0 Å². The summed E-state index contributed by atoms with van der Waals surface area (Å²) in [5.74, 6) is -1.01. The Bertz CT molecular complexity index is 794. The molecule has 3 aliphatic rings. The minimum absolute atomic E-state index is 0.00512. The van der Waals surface area contributed by atoms with Crippen molar-refractivity contribution >= 4 is 6.29 Å². The summed E-state index contributed by atoms with van der Waals surface area (Å²) in [4.78, 5) is 11.5. The Kier molecular flexibility index (Phi) is 5.14. The van der Waals surface area contributed by atoms with Crippen LogP contribution in [0.25, 0.3) is 0 Å². The third-order valence-electron chi connectivity index (χ3n) is 8.47. The van der Waals surface area contributed by atoms with Crippen molar-refractivity contribution in [3.63, 3.8) is 0 Å². The summed E-state index contributed by atoms with van der Waals surface area (Å²) in [6.45, 7) is 9.72. The van der Waals surface area contributed by atoms with E-state index in [0.29, 0.717) is 30.4 Å². The monoisotopic (exact) mass is 406 g/mol. The third-order valence-corrected chi connectivity index (χ3v) is 8.47. The van der Waals surface area contributed by atoms with Gasteiger partial charge < -0.3 is 14.3 Å². The van der Waals surface area contributed by atoms with Gasteiger partial charge in [0.05, 0.1) is 12.7 Å². The summed E-state index contributed by atoms with van der Waals surface area (Å²) in [7, 11) is 0. The molecule has 1 aliphatic heterocycles. The molecule has 1 saturated heterocycles. The molecule has 4 rings (SSSR count). The van der Waals surface area contributed by atoms with Gasteiger partial charge in [-0.2, -0.15) is 0 Å². The van der Waals surface area contributed by atoms with Gasteiger partial charge >= 0.3 is 0 Å². The van der Waals surface area contributed by atoms with Gasteiger partial charge in [0.15, 0.2) is 17.9 Å². The van der Waals surface area contributed by atoms with Crippen LogP contribution in [0.15, 0.2) is 18.2 Å². The molecule has 0 bridgehead atoms. The van der Waals surface area contributed by atoms with Gasteiger partial charge in [-0.15, -0.1) is 0 Å². The van der Waals surface area contributed by atoms with Crippen molar-refractivity contribution in [2.24, 2.45) is 28.1 Å². The van der Waals surface area contributed by atoms with Gasteiger partial charge in [-0.3, -0.25) is 0 Å². The molecule has 3 fully saturated rings. The normalized spacial score (nSPS) is 41.3. The molecule has 0 aromatic heterocycles. The molecule has 0 amide bonds. The maximum Gasteiger partial charge on any atom is 0.184 e. The molecule has 0 radical (unpaired) electrons. The van der Waals surface area contributed by atoms with Crippen LogP contribution in [0.1, 0.15) is 71.7 Å². The molecule has 0 N–H and O–H groups in total. The second-order valence-corrected chi connectivity index (χ2v) is 10.5. The van der Waals surface area contributed by atoms with Crippen molar-refractivity contribution in [3.8, 4) is 0 Å². The first-order chi connectivity index (χ1) is 13.6. The van der Waals surface area contributed by atoms with E-state index in [9.17, 15) is 13.6 Å². The molecule has 6 atom stereocenters. The SMILES string of the molecule is CC1(C)CCC2[C@]3(C)CO[C@@H](c4ccc(F)c(F)c4)O[C@@H]3CC[C@@]2(C)[C@@H]1CC=O. The maximum absolute atomic E-state index is 13.7. The van der Waals surface area contributed by atoms with E-state index in [4.69, 9.17) is 9.47 Å².